The molecule has 1 aromatic carbocycles. The number of carbonyl (C=O) groups is 1. The van der Waals surface area contributed by atoms with Gasteiger partial charge in [-0.2, -0.15) is 11.3 Å². The van der Waals surface area contributed by atoms with Crippen molar-refractivity contribution in [3.63, 3.8) is 0 Å². The number of hydrogen-bond donors (Lipinski definition) is 0. The lowest BCUT2D eigenvalue weighted by Gasteiger charge is -2.05. The van der Waals surface area contributed by atoms with Gasteiger partial charge in [-0.1, -0.05) is 23.2 Å². The normalized spacial score (nSPS) is 10.6. The van der Waals surface area contributed by atoms with Crippen molar-refractivity contribution in [3.8, 4) is 16.3 Å². The number of thiophene rings is 1. The number of rotatable bonds is 4. The highest BCUT2D eigenvalue weighted by Gasteiger charge is 2.13. The number of carbonyl (C=O) groups excluding carboxylic acids is 1. The summed E-state index contributed by atoms with van der Waals surface area (Å²) in [6.45, 7) is 0. The highest BCUT2D eigenvalue weighted by molar-refractivity contribution is 7.14. The van der Waals surface area contributed by atoms with Crippen LogP contribution in [0.2, 0.25) is 10.0 Å². The minimum absolute atomic E-state index is 0.0868. The van der Waals surface area contributed by atoms with Gasteiger partial charge < -0.3 is 4.74 Å². The number of aromatic nitrogens is 1. The van der Waals surface area contributed by atoms with Crippen molar-refractivity contribution in [1.82, 2.24) is 4.98 Å². The molecule has 0 fully saturated rings. The Morgan fingerprint density at radius 3 is 2.86 bits per heavy atom. The zero-order valence-corrected chi connectivity index (χ0v) is 14.2. The summed E-state index contributed by atoms with van der Waals surface area (Å²) >= 11 is 14.9. The molecule has 112 valence electrons. The van der Waals surface area contributed by atoms with E-state index in [9.17, 15) is 4.79 Å². The van der Waals surface area contributed by atoms with Crippen molar-refractivity contribution in [2.45, 2.75) is 6.42 Å². The average Bonchev–Trinajstić information content (AvgIpc) is 3.13. The van der Waals surface area contributed by atoms with E-state index in [0.717, 1.165) is 10.6 Å². The van der Waals surface area contributed by atoms with E-state index in [1.807, 2.05) is 22.2 Å². The Morgan fingerprint density at radius 2 is 2.09 bits per heavy atom. The van der Waals surface area contributed by atoms with Gasteiger partial charge in [0.25, 0.3) is 0 Å². The van der Waals surface area contributed by atoms with Crippen molar-refractivity contribution in [3.05, 3.63) is 56.1 Å². The lowest BCUT2D eigenvalue weighted by atomic mass is 10.3. The summed E-state index contributed by atoms with van der Waals surface area (Å²) in [4.78, 5) is 16.4. The van der Waals surface area contributed by atoms with Gasteiger partial charge in [0.2, 0.25) is 0 Å². The van der Waals surface area contributed by atoms with Crippen LogP contribution >= 0.6 is 45.9 Å². The molecular formula is C15H9Cl2NO2S2. The Bertz CT molecular complexity index is 800. The molecule has 0 radical (unpaired) electrons. The van der Waals surface area contributed by atoms with E-state index in [4.69, 9.17) is 27.9 Å². The lowest BCUT2D eigenvalue weighted by Crippen LogP contribution is -2.11. The van der Waals surface area contributed by atoms with Crippen molar-refractivity contribution in [2.24, 2.45) is 0 Å². The molecule has 2 heterocycles. The van der Waals surface area contributed by atoms with Gasteiger partial charge in [-0.3, -0.25) is 4.79 Å². The van der Waals surface area contributed by atoms with Crippen LogP contribution in [0, 0.1) is 0 Å². The first-order valence-electron chi connectivity index (χ1n) is 6.24. The Hall–Kier alpha value is -1.40. The van der Waals surface area contributed by atoms with Crippen molar-refractivity contribution >= 4 is 51.8 Å². The molecular weight excluding hydrogens is 361 g/mol. The van der Waals surface area contributed by atoms with Crippen LogP contribution < -0.4 is 4.74 Å². The van der Waals surface area contributed by atoms with Gasteiger partial charge in [0.05, 0.1) is 17.1 Å². The van der Waals surface area contributed by atoms with Gasteiger partial charge >= 0.3 is 5.97 Å². The van der Waals surface area contributed by atoms with Gasteiger partial charge in [-0.25, -0.2) is 4.98 Å². The summed E-state index contributed by atoms with van der Waals surface area (Å²) in [7, 11) is 0. The third kappa shape index (κ3) is 3.67. The van der Waals surface area contributed by atoms with Crippen LogP contribution in [0.3, 0.4) is 0 Å². The topological polar surface area (TPSA) is 39.2 Å². The number of thiazole rings is 1. The van der Waals surface area contributed by atoms with E-state index in [1.54, 1.807) is 23.5 Å². The van der Waals surface area contributed by atoms with Crippen LogP contribution in [0.4, 0.5) is 0 Å². The number of ether oxygens (including phenoxy) is 1. The molecule has 2 aromatic heterocycles. The largest absolute Gasteiger partial charge is 0.425 e. The van der Waals surface area contributed by atoms with E-state index in [0.29, 0.717) is 15.7 Å². The molecule has 0 N–H and O–H groups in total. The molecule has 22 heavy (non-hydrogen) atoms. The Morgan fingerprint density at radius 1 is 1.23 bits per heavy atom. The summed E-state index contributed by atoms with van der Waals surface area (Å²) in [5, 5.41) is 7.56. The Labute approximate surface area is 145 Å². The zero-order valence-electron chi connectivity index (χ0n) is 11.1. The summed E-state index contributed by atoms with van der Waals surface area (Å²) < 4.78 is 5.24. The minimum Gasteiger partial charge on any atom is -0.425 e. The van der Waals surface area contributed by atoms with Gasteiger partial charge in [-0.15, -0.1) is 11.3 Å². The highest BCUT2D eigenvalue weighted by atomic mass is 35.5. The zero-order chi connectivity index (χ0) is 15.5. The van der Waals surface area contributed by atoms with Crippen molar-refractivity contribution in [2.75, 3.05) is 0 Å². The summed E-state index contributed by atoms with van der Waals surface area (Å²) in [6.07, 6.45) is 0.0868. The SMILES string of the molecule is O=C(Cc1csc(-c2ccsc2)n1)Oc1cc(Cl)ccc1Cl. The molecule has 0 unspecified atom stereocenters. The quantitative estimate of drug-likeness (QED) is 0.461. The summed E-state index contributed by atoms with van der Waals surface area (Å²) in [6, 6.07) is 6.73. The first kappa shape index (κ1) is 15.5. The van der Waals surface area contributed by atoms with Crippen LogP contribution in [0.5, 0.6) is 5.75 Å². The Kier molecular flexibility index (Phi) is 4.78. The van der Waals surface area contributed by atoms with Crippen molar-refractivity contribution < 1.29 is 9.53 Å². The van der Waals surface area contributed by atoms with Crippen LogP contribution in [-0.2, 0) is 11.2 Å². The van der Waals surface area contributed by atoms with E-state index in [2.05, 4.69) is 4.98 Å². The molecule has 0 saturated carbocycles. The van der Waals surface area contributed by atoms with E-state index in [-0.39, 0.29) is 12.2 Å². The molecule has 3 nitrogen and oxygen atoms in total. The molecule has 3 rings (SSSR count). The molecule has 0 atom stereocenters. The average molecular weight is 370 g/mol. The Balaban J connectivity index is 1.68. The second kappa shape index (κ2) is 6.79. The fourth-order valence-corrected chi connectivity index (χ4v) is 3.62. The van der Waals surface area contributed by atoms with Crippen molar-refractivity contribution in [1.29, 1.82) is 0 Å². The van der Waals surface area contributed by atoms with Gasteiger partial charge in [0.1, 0.15) is 5.01 Å². The number of esters is 1. The second-order valence-electron chi connectivity index (χ2n) is 4.38. The second-order valence-corrected chi connectivity index (χ2v) is 6.86. The number of nitrogens with zero attached hydrogens (tertiary/aromatic N) is 1. The van der Waals surface area contributed by atoms with E-state index >= 15 is 0 Å². The molecule has 0 amide bonds. The number of hydrogen-bond acceptors (Lipinski definition) is 5. The van der Waals surface area contributed by atoms with Gasteiger partial charge in [0.15, 0.2) is 5.75 Å². The maximum atomic E-state index is 12.0. The maximum Gasteiger partial charge on any atom is 0.317 e. The molecule has 0 bridgehead atoms. The van der Waals surface area contributed by atoms with Gasteiger partial charge in [0, 0.05) is 27.4 Å². The highest BCUT2D eigenvalue weighted by Crippen LogP contribution is 2.29. The van der Waals surface area contributed by atoms with Crippen LogP contribution in [0.1, 0.15) is 5.69 Å². The lowest BCUT2D eigenvalue weighted by molar-refractivity contribution is -0.133. The fraction of sp³-hybridized carbons (Fsp3) is 0.0667. The molecule has 0 aliphatic carbocycles. The predicted octanol–water partition coefficient (Wildman–Crippen LogP) is 5.33. The fourth-order valence-electron chi connectivity index (χ4n) is 1.77. The molecule has 7 heteroatoms. The summed E-state index contributed by atoms with van der Waals surface area (Å²) in [5.74, 6) is -0.168. The maximum absolute atomic E-state index is 12.0. The van der Waals surface area contributed by atoms with Crippen LogP contribution in [0.15, 0.2) is 40.4 Å². The number of halogens is 2. The van der Waals surface area contributed by atoms with E-state index < -0.39 is 5.97 Å². The predicted molar refractivity (Wildman–Crippen MR) is 91.2 cm³/mol. The molecule has 3 aromatic rings. The van der Waals surface area contributed by atoms with Crippen LogP contribution in [0.25, 0.3) is 10.6 Å². The summed E-state index contributed by atoms with van der Waals surface area (Å²) in [5.41, 5.74) is 1.74. The van der Waals surface area contributed by atoms with E-state index in [1.165, 1.54) is 17.4 Å². The standard InChI is InChI=1S/C15H9Cl2NO2S2/c16-10-1-2-12(17)13(5-10)20-14(19)6-11-8-22-15(18-11)9-3-4-21-7-9/h1-5,7-8H,6H2. The third-order valence-corrected chi connectivity index (χ3v) is 4.93. The molecule has 0 aliphatic rings. The number of benzene rings is 1. The first-order chi connectivity index (χ1) is 10.6. The first-order valence-corrected chi connectivity index (χ1v) is 8.82. The molecule has 0 spiro atoms. The molecule has 0 saturated heterocycles. The minimum atomic E-state index is -0.425. The molecule has 0 aliphatic heterocycles. The van der Waals surface area contributed by atoms with Gasteiger partial charge in [-0.05, 0) is 23.6 Å². The smallest absolute Gasteiger partial charge is 0.317 e. The van der Waals surface area contributed by atoms with Crippen LogP contribution in [-0.4, -0.2) is 11.0 Å². The monoisotopic (exact) mass is 369 g/mol. The third-order valence-electron chi connectivity index (χ3n) is 2.76.